The number of carbonyl (C=O) groups excluding carboxylic acids is 3. The molecule has 1 saturated heterocycles. The second-order valence-corrected chi connectivity index (χ2v) is 8.01. The first-order valence-electron chi connectivity index (χ1n) is 10.8. The maximum absolute atomic E-state index is 13.7. The van der Waals surface area contributed by atoms with Crippen LogP contribution in [0.1, 0.15) is 29.7 Å². The number of cyclic esters (lactones) is 1. The third-order valence-electron chi connectivity index (χ3n) is 5.46. The Morgan fingerprint density at radius 1 is 0.971 bits per heavy atom. The van der Waals surface area contributed by atoms with E-state index in [2.05, 4.69) is 10.6 Å². The number of ether oxygens (including phenoxy) is 1. The largest absolute Gasteiger partial charge is 0.438 e. The summed E-state index contributed by atoms with van der Waals surface area (Å²) in [6.45, 7) is 1.71. The third-order valence-corrected chi connectivity index (χ3v) is 5.46. The average molecular weight is 461 g/mol. The van der Waals surface area contributed by atoms with E-state index in [1.54, 1.807) is 36.4 Å². The van der Waals surface area contributed by atoms with Crippen molar-refractivity contribution in [3.05, 3.63) is 101 Å². The minimum Gasteiger partial charge on any atom is -0.438 e. The summed E-state index contributed by atoms with van der Waals surface area (Å²) in [5.74, 6) is -1.03. The number of benzene rings is 3. The molecule has 0 unspecified atom stereocenters. The minimum atomic E-state index is -0.967. The van der Waals surface area contributed by atoms with E-state index in [9.17, 15) is 18.8 Å². The molecule has 0 bridgehead atoms. The van der Waals surface area contributed by atoms with Gasteiger partial charge in [0.15, 0.2) is 12.1 Å². The molecule has 1 aliphatic rings. The van der Waals surface area contributed by atoms with Crippen molar-refractivity contribution in [1.82, 2.24) is 10.2 Å². The second kappa shape index (κ2) is 10.2. The lowest BCUT2D eigenvalue weighted by Crippen LogP contribution is -2.46. The Hall–Kier alpha value is -4.20. The van der Waals surface area contributed by atoms with Gasteiger partial charge in [0.25, 0.3) is 0 Å². The number of hydrogen-bond donors (Lipinski definition) is 2. The van der Waals surface area contributed by atoms with E-state index < -0.39 is 24.1 Å². The molecule has 0 saturated carbocycles. The summed E-state index contributed by atoms with van der Waals surface area (Å²) in [5, 5.41) is 5.56. The molecular formula is C26H24FN3O4. The highest BCUT2D eigenvalue weighted by molar-refractivity contribution is 5.90. The Labute approximate surface area is 196 Å². The minimum absolute atomic E-state index is 0.0144. The summed E-state index contributed by atoms with van der Waals surface area (Å²) in [4.78, 5) is 38.7. The van der Waals surface area contributed by atoms with Crippen LogP contribution in [0.2, 0.25) is 0 Å². The molecule has 0 aromatic heterocycles. The van der Waals surface area contributed by atoms with Crippen LogP contribution in [0, 0.1) is 5.82 Å². The molecule has 8 heteroatoms. The summed E-state index contributed by atoms with van der Waals surface area (Å²) in [7, 11) is 0. The monoisotopic (exact) mass is 461 g/mol. The van der Waals surface area contributed by atoms with E-state index in [4.69, 9.17) is 4.74 Å². The van der Waals surface area contributed by atoms with Crippen LogP contribution < -0.4 is 10.6 Å². The number of hydrogen-bond acceptors (Lipinski definition) is 4. The molecule has 3 amide bonds. The highest BCUT2D eigenvalue weighted by Crippen LogP contribution is 2.34. The van der Waals surface area contributed by atoms with Gasteiger partial charge in [-0.05, 0) is 41.0 Å². The molecule has 2 N–H and O–H groups in total. The normalized spacial score (nSPS) is 17.2. The van der Waals surface area contributed by atoms with E-state index in [1.165, 1.54) is 24.0 Å². The summed E-state index contributed by atoms with van der Waals surface area (Å²) in [6, 6.07) is 21.1. The van der Waals surface area contributed by atoms with Crippen LogP contribution in [0.3, 0.4) is 0 Å². The number of carbonyl (C=O) groups is 3. The standard InChI is InChI=1S/C26H24FN3O4/c1-17(31)29-22-12-10-20(11-13-22)24-23(25(32)28-15-18-6-3-2-4-7-18)30(26(33)34-24)16-19-8-5-9-21(27)14-19/h2-14,23-24H,15-16H2,1H3,(H,28,32)(H,29,31)/t23-,24-/m0/s1. The maximum Gasteiger partial charge on any atom is 0.411 e. The van der Waals surface area contributed by atoms with Gasteiger partial charge in [0, 0.05) is 19.2 Å². The molecule has 0 radical (unpaired) electrons. The molecule has 1 fully saturated rings. The molecule has 34 heavy (non-hydrogen) atoms. The van der Waals surface area contributed by atoms with Crippen molar-refractivity contribution in [2.24, 2.45) is 0 Å². The first-order chi connectivity index (χ1) is 16.4. The van der Waals surface area contributed by atoms with Gasteiger partial charge in [-0.2, -0.15) is 0 Å². The Morgan fingerprint density at radius 2 is 1.68 bits per heavy atom. The predicted molar refractivity (Wildman–Crippen MR) is 124 cm³/mol. The number of nitrogens with zero attached hydrogens (tertiary/aromatic N) is 1. The molecule has 7 nitrogen and oxygen atoms in total. The Balaban J connectivity index is 1.60. The first kappa shape index (κ1) is 23.0. The van der Waals surface area contributed by atoms with Crippen LogP contribution in [0.5, 0.6) is 0 Å². The fraction of sp³-hybridized carbons (Fsp3) is 0.192. The molecule has 3 aromatic rings. The van der Waals surface area contributed by atoms with Crippen molar-refractivity contribution >= 4 is 23.6 Å². The fourth-order valence-electron chi connectivity index (χ4n) is 3.89. The van der Waals surface area contributed by atoms with E-state index in [0.717, 1.165) is 5.56 Å². The van der Waals surface area contributed by atoms with E-state index in [0.29, 0.717) is 16.8 Å². The molecule has 0 aliphatic carbocycles. The van der Waals surface area contributed by atoms with Crippen LogP contribution in [0.25, 0.3) is 0 Å². The molecule has 4 rings (SSSR count). The number of rotatable bonds is 7. The van der Waals surface area contributed by atoms with E-state index >= 15 is 0 Å². The summed E-state index contributed by atoms with van der Waals surface area (Å²) < 4.78 is 19.3. The maximum atomic E-state index is 13.7. The highest BCUT2D eigenvalue weighted by atomic mass is 19.1. The van der Waals surface area contributed by atoms with Crippen molar-refractivity contribution in [1.29, 1.82) is 0 Å². The van der Waals surface area contributed by atoms with Gasteiger partial charge in [-0.25, -0.2) is 9.18 Å². The first-order valence-corrected chi connectivity index (χ1v) is 10.8. The van der Waals surface area contributed by atoms with Crippen LogP contribution >= 0.6 is 0 Å². The van der Waals surface area contributed by atoms with Gasteiger partial charge in [0.2, 0.25) is 11.8 Å². The zero-order valence-electron chi connectivity index (χ0n) is 18.5. The van der Waals surface area contributed by atoms with E-state index in [1.807, 2.05) is 30.3 Å². The Kier molecular flexibility index (Phi) is 6.87. The summed E-state index contributed by atoms with van der Waals surface area (Å²) in [6.07, 6.45) is -1.54. The zero-order valence-corrected chi connectivity index (χ0v) is 18.5. The Morgan fingerprint density at radius 3 is 2.35 bits per heavy atom. The SMILES string of the molecule is CC(=O)Nc1ccc([C@@H]2OC(=O)N(Cc3cccc(F)c3)[C@@H]2C(=O)NCc2ccccc2)cc1. The second-order valence-electron chi connectivity index (χ2n) is 8.01. The fourth-order valence-corrected chi connectivity index (χ4v) is 3.89. The lowest BCUT2D eigenvalue weighted by molar-refractivity contribution is -0.126. The third kappa shape index (κ3) is 5.40. The lowest BCUT2D eigenvalue weighted by atomic mass is 10.00. The van der Waals surface area contributed by atoms with Gasteiger partial charge in [0.05, 0.1) is 6.54 Å². The number of halogens is 1. The molecule has 1 heterocycles. The lowest BCUT2D eigenvalue weighted by Gasteiger charge is -2.24. The predicted octanol–water partition coefficient (Wildman–Crippen LogP) is 4.16. The van der Waals surface area contributed by atoms with Crippen molar-refractivity contribution in [2.45, 2.75) is 32.2 Å². The Bertz CT molecular complexity index is 1180. The number of nitrogens with one attached hydrogen (secondary N) is 2. The van der Waals surface area contributed by atoms with Crippen LogP contribution in [0.15, 0.2) is 78.9 Å². The van der Waals surface area contributed by atoms with Crippen LogP contribution in [-0.2, 0) is 27.4 Å². The van der Waals surface area contributed by atoms with Crippen molar-refractivity contribution in [3.8, 4) is 0 Å². The zero-order chi connectivity index (χ0) is 24.1. The molecule has 174 valence electrons. The highest BCUT2D eigenvalue weighted by Gasteiger charge is 2.46. The summed E-state index contributed by atoms with van der Waals surface area (Å²) in [5.41, 5.74) is 2.64. The van der Waals surface area contributed by atoms with Gasteiger partial charge in [-0.3, -0.25) is 14.5 Å². The van der Waals surface area contributed by atoms with Gasteiger partial charge in [0.1, 0.15) is 5.82 Å². The van der Waals surface area contributed by atoms with Gasteiger partial charge in [-0.1, -0.05) is 54.6 Å². The topological polar surface area (TPSA) is 87.7 Å². The van der Waals surface area contributed by atoms with Crippen LogP contribution in [-0.4, -0.2) is 28.8 Å². The molecule has 3 aromatic carbocycles. The van der Waals surface area contributed by atoms with Gasteiger partial charge < -0.3 is 15.4 Å². The molecule has 2 atom stereocenters. The van der Waals surface area contributed by atoms with Crippen molar-refractivity contribution in [3.63, 3.8) is 0 Å². The molecular weight excluding hydrogens is 437 g/mol. The van der Waals surface area contributed by atoms with Crippen molar-refractivity contribution in [2.75, 3.05) is 5.32 Å². The molecule has 1 aliphatic heterocycles. The van der Waals surface area contributed by atoms with Gasteiger partial charge >= 0.3 is 6.09 Å². The average Bonchev–Trinajstić information content (AvgIpc) is 3.14. The van der Waals surface area contributed by atoms with Crippen LogP contribution in [0.4, 0.5) is 14.9 Å². The van der Waals surface area contributed by atoms with E-state index in [-0.39, 0.29) is 24.9 Å². The van der Waals surface area contributed by atoms with Gasteiger partial charge in [-0.15, -0.1) is 0 Å². The number of anilines is 1. The summed E-state index contributed by atoms with van der Waals surface area (Å²) >= 11 is 0. The van der Waals surface area contributed by atoms with Crippen molar-refractivity contribution < 1.29 is 23.5 Å². The molecule has 0 spiro atoms. The smallest absolute Gasteiger partial charge is 0.411 e. The quantitative estimate of drug-likeness (QED) is 0.553. The number of amides is 3.